The van der Waals surface area contributed by atoms with E-state index in [0.29, 0.717) is 0 Å². The van der Waals surface area contributed by atoms with Crippen LogP contribution in [0.25, 0.3) is 11.1 Å². The smallest absolute Gasteiger partial charge is 0.0892 e. The van der Waals surface area contributed by atoms with Crippen LogP contribution in [-0.2, 0) is 6.42 Å². The molecule has 1 aliphatic carbocycles. The van der Waals surface area contributed by atoms with E-state index in [1.807, 2.05) is 6.20 Å². The second-order valence-electron chi connectivity index (χ2n) is 9.18. The van der Waals surface area contributed by atoms with E-state index in [2.05, 4.69) is 105 Å². The molecule has 176 valence electrons. The van der Waals surface area contributed by atoms with E-state index in [-0.39, 0.29) is 6.04 Å². The Morgan fingerprint density at radius 2 is 2.06 bits per heavy atom. The maximum absolute atomic E-state index is 5.12. The minimum atomic E-state index is 0.132. The molecule has 0 saturated carbocycles. The van der Waals surface area contributed by atoms with Gasteiger partial charge in [-0.3, -0.25) is 4.99 Å². The van der Waals surface area contributed by atoms with E-state index in [0.717, 1.165) is 23.4 Å². The third-order valence-electron chi connectivity index (χ3n) is 6.82. The summed E-state index contributed by atoms with van der Waals surface area (Å²) in [6.07, 6.45) is 11.3. The van der Waals surface area contributed by atoms with Crippen LogP contribution < -0.4 is 5.32 Å². The van der Waals surface area contributed by atoms with Gasteiger partial charge in [-0.1, -0.05) is 48.6 Å². The van der Waals surface area contributed by atoms with E-state index in [1.165, 1.54) is 49.5 Å². The van der Waals surface area contributed by atoms with Crippen LogP contribution in [0.1, 0.15) is 72.3 Å². The number of thiophene rings is 1. The molecule has 3 aromatic rings. The van der Waals surface area contributed by atoms with Crippen LogP contribution in [0.2, 0.25) is 0 Å². The summed E-state index contributed by atoms with van der Waals surface area (Å²) < 4.78 is 0. The normalized spacial score (nSPS) is 17.7. The van der Waals surface area contributed by atoms with Gasteiger partial charge in [0.15, 0.2) is 0 Å². The predicted octanol–water partition coefficient (Wildman–Crippen LogP) is 7.96. The van der Waals surface area contributed by atoms with E-state index in [1.54, 1.807) is 17.5 Å². The maximum Gasteiger partial charge on any atom is 0.0892 e. The molecule has 1 atom stereocenters. The summed E-state index contributed by atoms with van der Waals surface area (Å²) in [6.45, 7) is 12.4. The SMILES string of the molecule is C=CN/C=C(\C(C)=C/C)c1ccc2c(c1)C(c1cc3c([nH]1)CC(C)=CC=C3c1cccs1)=N[C@H]2C. The van der Waals surface area contributed by atoms with Crippen molar-refractivity contribution in [3.05, 3.63) is 129 Å². The number of hydrogen-bond acceptors (Lipinski definition) is 3. The van der Waals surface area contributed by atoms with Crippen LogP contribution >= 0.6 is 11.3 Å². The van der Waals surface area contributed by atoms with Crippen molar-refractivity contribution in [1.82, 2.24) is 10.3 Å². The van der Waals surface area contributed by atoms with Crippen molar-refractivity contribution < 1.29 is 0 Å². The second kappa shape index (κ2) is 9.55. The molecule has 0 bridgehead atoms. The number of fused-ring (bicyclic) bond motifs is 2. The monoisotopic (exact) mass is 477 g/mol. The Morgan fingerprint density at radius 3 is 2.80 bits per heavy atom. The number of rotatable bonds is 6. The Balaban J connectivity index is 1.60. The molecule has 0 fully saturated rings. The van der Waals surface area contributed by atoms with Gasteiger partial charge >= 0.3 is 0 Å². The van der Waals surface area contributed by atoms with Crippen molar-refractivity contribution in [3.63, 3.8) is 0 Å². The van der Waals surface area contributed by atoms with Gasteiger partial charge in [-0.2, -0.15) is 0 Å². The molecule has 2 aliphatic rings. The van der Waals surface area contributed by atoms with Crippen molar-refractivity contribution in [2.45, 2.75) is 40.2 Å². The lowest BCUT2D eigenvalue weighted by Gasteiger charge is -2.12. The standard InChI is InChI=1S/C31H31N3S/c1-6-20(4)27(18-32-7-2)22-11-13-23-21(5)33-31(26(23)16-22)29-17-25-24(30-9-8-14-35-30)12-10-19(3)15-28(25)34-29/h6-14,16-18,21,32,34H,2,15H2,1,3-5H3/b20-6-,27-18+/t21-/m0/s1. The fourth-order valence-electron chi connectivity index (χ4n) is 4.87. The van der Waals surface area contributed by atoms with Crippen molar-refractivity contribution in [2.24, 2.45) is 4.99 Å². The lowest BCUT2D eigenvalue weighted by Crippen LogP contribution is -2.04. The Bertz CT molecular complexity index is 1440. The highest BCUT2D eigenvalue weighted by Gasteiger charge is 2.27. The number of aromatic nitrogens is 1. The first-order valence-corrected chi connectivity index (χ1v) is 12.9. The van der Waals surface area contributed by atoms with Crippen LogP contribution in [0.5, 0.6) is 0 Å². The van der Waals surface area contributed by atoms with E-state index in [9.17, 15) is 0 Å². The van der Waals surface area contributed by atoms with Crippen LogP contribution in [0.3, 0.4) is 0 Å². The number of H-pyrrole nitrogens is 1. The van der Waals surface area contributed by atoms with Gasteiger partial charge in [0.1, 0.15) is 0 Å². The third-order valence-corrected chi connectivity index (χ3v) is 7.72. The summed E-state index contributed by atoms with van der Waals surface area (Å²) in [5, 5.41) is 5.30. The minimum Gasteiger partial charge on any atom is -0.368 e. The van der Waals surface area contributed by atoms with Gasteiger partial charge in [0.05, 0.1) is 17.4 Å². The Hall–Kier alpha value is -3.63. The van der Waals surface area contributed by atoms with E-state index in [4.69, 9.17) is 4.99 Å². The summed E-state index contributed by atoms with van der Waals surface area (Å²) in [5.41, 5.74) is 13.3. The maximum atomic E-state index is 5.12. The summed E-state index contributed by atoms with van der Waals surface area (Å²) in [7, 11) is 0. The number of benzene rings is 1. The Labute approximate surface area is 212 Å². The Kier molecular flexibility index (Phi) is 6.31. The molecule has 35 heavy (non-hydrogen) atoms. The second-order valence-corrected chi connectivity index (χ2v) is 10.1. The fourth-order valence-corrected chi connectivity index (χ4v) is 5.63. The zero-order valence-corrected chi connectivity index (χ0v) is 21.6. The fraction of sp³-hybridized carbons (Fsp3) is 0.194. The molecule has 0 radical (unpaired) electrons. The molecule has 2 N–H and O–H groups in total. The average Bonchev–Trinajstić information content (AvgIpc) is 3.58. The summed E-state index contributed by atoms with van der Waals surface area (Å²) >= 11 is 1.78. The van der Waals surface area contributed by atoms with Gasteiger partial charge in [0.25, 0.3) is 0 Å². The number of allylic oxidation sites excluding steroid dienone is 6. The van der Waals surface area contributed by atoms with Gasteiger partial charge in [0, 0.05) is 45.5 Å². The van der Waals surface area contributed by atoms with Crippen molar-refractivity contribution >= 4 is 28.2 Å². The molecule has 0 spiro atoms. The minimum absolute atomic E-state index is 0.132. The quantitative estimate of drug-likeness (QED) is 0.347. The van der Waals surface area contributed by atoms with Crippen molar-refractivity contribution in [2.75, 3.05) is 0 Å². The van der Waals surface area contributed by atoms with Gasteiger partial charge in [0.2, 0.25) is 0 Å². The van der Waals surface area contributed by atoms with Crippen molar-refractivity contribution in [3.8, 4) is 0 Å². The summed E-state index contributed by atoms with van der Waals surface area (Å²) in [4.78, 5) is 10.2. The molecule has 0 amide bonds. The molecule has 0 unspecified atom stereocenters. The van der Waals surface area contributed by atoms with Gasteiger partial charge < -0.3 is 10.3 Å². The summed E-state index contributed by atoms with van der Waals surface area (Å²) in [5.74, 6) is 0. The van der Waals surface area contributed by atoms with Crippen LogP contribution in [0, 0.1) is 0 Å². The molecule has 1 aliphatic heterocycles. The number of nitrogens with one attached hydrogen (secondary N) is 2. The number of nitrogens with zero attached hydrogens (tertiary/aromatic N) is 1. The molecule has 5 rings (SSSR count). The topological polar surface area (TPSA) is 40.2 Å². The highest BCUT2D eigenvalue weighted by molar-refractivity contribution is 7.11. The predicted molar refractivity (Wildman–Crippen MR) is 151 cm³/mol. The largest absolute Gasteiger partial charge is 0.368 e. The summed E-state index contributed by atoms with van der Waals surface area (Å²) in [6, 6.07) is 13.5. The highest BCUT2D eigenvalue weighted by atomic mass is 32.1. The zero-order valence-electron chi connectivity index (χ0n) is 20.8. The number of aromatic amines is 1. The molecule has 2 aromatic heterocycles. The van der Waals surface area contributed by atoms with Crippen molar-refractivity contribution in [1.29, 1.82) is 0 Å². The van der Waals surface area contributed by atoms with E-state index < -0.39 is 0 Å². The molecule has 4 heteroatoms. The molecular weight excluding hydrogens is 446 g/mol. The molecular formula is C31H31N3S. The van der Waals surface area contributed by atoms with Crippen LogP contribution in [0.15, 0.2) is 95.1 Å². The molecule has 3 nitrogen and oxygen atoms in total. The van der Waals surface area contributed by atoms with Gasteiger partial charge in [-0.15, -0.1) is 11.3 Å². The zero-order chi connectivity index (χ0) is 24.5. The van der Waals surface area contributed by atoms with Crippen LogP contribution in [0.4, 0.5) is 0 Å². The van der Waals surface area contributed by atoms with Gasteiger partial charge in [-0.25, -0.2) is 0 Å². The molecule has 0 saturated heterocycles. The number of aliphatic imine (C=N–C) groups is 1. The lowest BCUT2D eigenvalue weighted by atomic mass is 9.92. The third kappa shape index (κ3) is 4.30. The first-order valence-electron chi connectivity index (χ1n) is 12.1. The molecule has 1 aromatic carbocycles. The first kappa shape index (κ1) is 23.1. The van der Waals surface area contributed by atoms with Crippen LogP contribution in [-0.4, -0.2) is 10.7 Å². The molecule has 3 heterocycles. The first-order chi connectivity index (χ1) is 17.0. The Morgan fingerprint density at radius 1 is 1.20 bits per heavy atom. The van der Waals surface area contributed by atoms with Gasteiger partial charge in [-0.05, 0) is 74.2 Å². The number of hydrogen-bond donors (Lipinski definition) is 2. The van der Waals surface area contributed by atoms with E-state index >= 15 is 0 Å². The lowest BCUT2D eigenvalue weighted by molar-refractivity contribution is 0.842. The average molecular weight is 478 g/mol. The highest BCUT2D eigenvalue weighted by Crippen LogP contribution is 2.38.